The van der Waals surface area contributed by atoms with E-state index >= 15 is 0 Å². The summed E-state index contributed by atoms with van der Waals surface area (Å²) in [5.41, 5.74) is 3.12. The average Bonchev–Trinajstić information content (AvgIpc) is 2.92. The molecule has 0 spiro atoms. The van der Waals surface area contributed by atoms with Crippen molar-refractivity contribution in [3.8, 4) is 0 Å². The van der Waals surface area contributed by atoms with Crippen molar-refractivity contribution in [2.75, 3.05) is 26.2 Å². The molecule has 2 aliphatic heterocycles. The van der Waals surface area contributed by atoms with Gasteiger partial charge in [-0.05, 0) is 0 Å². The molecule has 0 fully saturated rings. The Balaban J connectivity index is 0.000000632. The Kier molecular flexibility index (Phi) is 25.1. The summed E-state index contributed by atoms with van der Waals surface area (Å²) in [6.45, 7) is 27.8. The Morgan fingerprint density at radius 2 is 1.00 bits per heavy atom. The minimum absolute atomic E-state index is 0.528. The van der Waals surface area contributed by atoms with Crippen molar-refractivity contribution in [1.82, 2.24) is 0 Å². The predicted molar refractivity (Wildman–Crippen MR) is 189 cm³/mol. The Hall–Kier alpha value is 1.03. The molecule has 2 radical (unpaired) electrons. The maximum absolute atomic E-state index is 4.74. The van der Waals surface area contributed by atoms with Crippen molar-refractivity contribution >= 4 is 42.0 Å². The molecule has 0 saturated carbocycles. The molecule has 0 saturated heterocycles. The zero-order valence-corrected chi connectivity index (χ0v) is 34.7. The van der Waals surface area contributed by atoms with E-state index in [0.717, 1.165) is 38.0 Å². The molecule has 0 aliphatic carbocycles. The molecule has 2 unspecified atom stereocenters. The van der Waals surface area contributed by atoms with Gasteiger partial charge in [-0.3, -0.25) is 0 Å². The normalized spacial score (nSPS) is 25.5. The summed E-state index contributed by atoms with van der Waals surface area (Å²) >= 11 is -2.79. The van der Waals surface area contributed by atoms with Gasteiger partial charge in [0.05, 0.1) is 0 Å². The zero-order valence-electron chi connectivity index (χ0n) is 28.4. The van der Waals surface area contributed by atoms with Gasteiger partial charge in [-0.2, -0.15) is 0 Å². The van der Waals surface area contributed by atoms with E-state index in [1.807, 2.05) is 0 Å². The van der Waals surface area contributed by atoms with Crippen LogP contribution in [0.1, 0.15) is 108 Å². The van der Waals surface area contributed by atoms with Crippen LogP contribution < -0.4 is 0 Å². The van der Waals surface area contributed by atoms with Gasteiger partial charge in [-0.25, -0.2) is 0 Å². The van der Waals surface area contributed by atoms with Gasteiger partial charge in [0.1, 0.15) is 0 Å². The molecule has 5 heteroatoms. The molecule has 0 aromatic heterocycles. The van der Waals surface area contributed by atoms with Gasteiger partial charge in [0, 0.05) is 0 Å². The minimum atomic E-state index is -1.66. The predicted octanol–water partition coefficient (Wildman–Crippen LogP) is 11.9. The van der Waals surface area contributed by atoms with Gasteiger partial charge in [0.25, 0.3) is 0 Å². The van der Waals surface area contributed by atoms with Crippen LogP contribution in [-0.2, 0) is 0 Å². The van der Waals surface area contributed by atoms with Crippen LogP contribution in [0.3, 0.4) is 0 Å². The number of nitrogens with zero attached hydrogens (tertiary/aromatic N) is 2. The van der Waals surface area contributed by atoms with Gasteiger partial charge in [0.15, 0.2) is 0 Å². The first-order chi connectivity index (χ1) is 18.7. The molecule has 2 atom stereocenters. The molecule has 0 aromatic rings. The standard InChI is InChI=1S/2C15H30GeN.C4H10Ge/c2*1-5-8-9-15-11-16(6-2,7-3)10-14(4)12-17-13-15;1-3-5-4-2/h2*10,15H,5-9,11-13H2,1-4H3;3-4H2,1-2H3/q2*-1;/b2*14-10-;. The number of hydrogen-bond donors (Lipinski definition) is 0. The van der Waals surface area contributed by atoms with Crippen LogP contribution in [0.2, 0.25) is 42.0 Å². The second-order valence-electron chi connectivity index (χ2n) is 12.6. The van der Waals surface area contributed by atoms with E-state index in [4.69, 9.17) is 10.6 Å². The van der Waals surface area contributed by atoms with Gasteiger partial charge < -0.3 is 0 Å². The molecule has 2 rings (SSSR count). The average molecular weight is 725 g/mol. The fraction of sp³-hybridized carbons (Fsp3) is 0.882. The summed E-state index contributed by atoms with van der Waals surface area (Å²) in [5, 5.41) is 21.4. The van der Waals surface area contributed by atoms with E-state index in [1.165, 1.54) is 80.6 Å². The molecule has 2 aliphatic rings. The molecular formula is C34H70Ge3N2-2. The molecule has 2 heterocycles. The van der Waals surface area contributed by atoms with Crippen molar-refractivity contribution in [2.24, 2.45) is 11.8 Å². The number of unbranched alkanes of at least 4 members (excludes halogenated alkanes) is 2. The third-order valence-electron chi connectivity index (χ3n) is 9.24. The summed E-state index contributed by atoms with van der Waals surface area (Å²) in [7, 11) is 0. The third-order valence-corrected chi connectivity index (χ3v) is 33.6. The molecule has 2 nitrogen and oxygen atoms in total. The van der Waals surface area contributed by atoms with Crippen molar-refractivity contribution in [1.29, 1.82) is 0 Å². The summed E-state index contributed by atoms with van der Waals surface area (Å²) in [4.78, 5) is 5.45. The second-order valence-corrected chi connectivity index (χ2v) is 36.9. The fourth-order valence-electron chi connectivity index (χ4n) is 6.49. The van der Waals surface area contributed by atoms with Crippen LogP contribution in [0.15, 0.2) is 21.0 Å². The van der Waals surface area contributed by atoms with Gasteiger partial charge in [-0.1, -0.05) is 0 Å². The van der Waals surface area contributed by atoms with E-state index in [0.29, 0.717) is 15.4 Å². The van der Waals surface area contributed by atoms with E-state index in [9.17, 15) is 0 Å². The first-order valence-electron chi connectivity index (χ1n) is 17.1. The topological polar surface area (TPSA) is 28.2 Å². The monoisotopic (exact) mass is 728 g/mol. The zero-order chi connectivity index (χ0) is 29.6. The summed E-state index contributed by atoms with van der Waals surface area (Å²) in [6, 6.07) is 0. The van der Waals surface area contributed by atoms with Gasteiger partial charge in [-0.15, -0.1) is 0 Å². The van der Waals surface area contributed by atoms with E-state index in [-0.39, 0.29) is 0 Å². The Labute approximate surface area is 259 Å². The molecule has 0 aromatic carbocycles. The van der Waals surface area contributed by atoms with Crippen LogP contribution in [0, 0.1) is 11.8 Å². The number of rotatable bonds is 12. The third kappa shape index (κ3) is 17.7. The second kappa shape index (κ2) is 24.5. The van der Waals surface area contributed by atoms with Crippen LogP contribution in [0.25, 0.3) is 10.6 Å². The van der Waals surface area contributed by atoms with E-state index < -0.39 is 26.5 Å². The molecule has 39 heavy (non-hydrogen) atoms. The molecular weight excluding hydrogens is 654 g/mol. The maximum atomic E-state index is 4.74. The van der Waals surface area contributed by atoms with Crippen LogP contribution in [0.5, 0.6) is 0 Å². The molecule has 0 N–H and O–H groups in total. The molecule has 0 bridgehead atoms. The van der Waals surface area contributed by atoms with E-state index in [2.05, 4.69) is 79.1 Å². The van der Waals surface area contributed by atoms with Gasteiger partial charge >= 0.3 is 261 Å². The Bertz CT molecular complexity index is 584. The van der Waals surface area contributed by atoms with Gasteiger partial charge in [0.2, 0.25) is 0 Å². The quantitative estimate of drug-likeness (QED) is 0.179. The Morgan fingerprint density at radius 1 is 0.641 bits per heavy atom. The Morgan fingerprint density at radius 3 is 1.26 bits per heavy atom. The number of hydrogen-bond acceptors (Lipinski definition) is 0. The summed E-state index contributed by atoms with van der Waals surface area (Å²) < 4.78 is 0. The van der Waals surface area contributed by atoms with Crippen LogP contribution >= 0.6 is 0 Å². The molecule has 0 amide bonds. The summed E-state index contributed by atoms with van der Waals surface area (Å²) in [6.07, 6.45) is 8.30. The van der Waals surface area contributed by atoms with Crippen LogP contribution in [-0.4, -0.2) is 68.1 Å². The SMILES string of the molecule is CCCCC1C[N-]C/C(C)=[CH]\[Ge]([CH2]C)([CH2]C)[CH2]1.CCCCC1C[N-]C/C(C)=[CH]\[Ge]([CH2]C)([CH2]C)[CH2]1.C[CH2][Ge][CH2]C. The first-order valence-corrected chi connectivity index (χ1v) is 31.4. The van der Waals surface area contributed by atoms with E-state index in [1.54, 1.807) is 11.1 Å². The molecule has 230 valence electrons. The van der Waals surface area contributed by atoms with Crippen molar-refractivity contribution < 1.29 is 0 Å². The van der Waals surface area contributed by atoms with Crippen molar-refractivity contribution in [2.45, 2.75) is 150 Å². The fourth-order valence-corrected chi connectivity index (χ4v) is 25.3. The first kappa shape index (κ1) is 40.0. The van der Waals surface area contributed by atoms with Crippen LogP contribution in [0.4, 0.5) is 0 Å². The van der Waals surface area contributed by atoms with Crippen molar-refractivity contribution in [3.05, 3.63) is 31.6 Å². The van der Waals surface area contributed by atoms with Crippen molar-refractivity contribution in [3.63, 3.8) is 0 Å². The summed E-state index contributed by atoms with van der Waals surface area (Å²) in [5.74, 6) is 1.80.